The van der Waals surface area contributed by atoms with Crippen molar-refractivity contribution in [1.29, 1.82) is 0 Å². The molecule has 0 atom stereocenters. The van der Waals surface area contributed by atoms with Crippen LogP contribution in [0.25, 0.3) is 0 Å². The van der Waals surface area contributed by atoms with Crippen molar-refractivity contribution in [2.45, 2.75) is 13.0 Å². The van der Waals surface area contributed by atoms with Crippen LogP contribution in [0, 0.1) is 5.82 Å². The molecule has 0 aliphatic carbocycles. The molecule has 1 aromatic heterocycles. The van der Waals surface area contributed by atoms with Crippen LogP contribution in [0.2, 0.25) is 0 Å². The Morgan fingerprint density at radius 3 is 2.78 bits per heavy atom. The number of likely N-dealkylation sites (N-methyl/N-ethyl adjacent to an activating group) is 1. The van der Waals surface area contributed by atoms with Gasteiger partial charge in [-0.3, -0.25) is 4.79 Å². The summed E-state index contributed by atoms with van der Waals surface area (Å²) < 4.78 is 13.5. The zero-order valence-electron chi connectivity index (χ0n) is 10.1. The number of carbonyl (C=O) groups excluding carboxylic acids is 1. The molecule has 0 saturated carbocycles. The molecule has 0 fully saturated rings. The van der Waals surface area contributed by atoms with Crippen LogP contribution in [0.1, 0.15) is 11.1 Å². The average molecular weight is 263 g/mol. The maximum Gasteiger partial charge on any atom is 0.227 e. The first-order chi connectivity index (χ1) is 8.66. The van der Waals surface area contributed by atoms with Crippen molar-refractivity contribution >= 4 is 17.2 Å². The van der Waals surface area contributed by atoms with Gasteiger partial charge in [-0.15, -0.1) is 0 Å². The highest BCUT2D eigenvalue weighted by molar-refractivity contribution is 7.07. The number of hydrogen-bond donors (Lipinski definition) is 0. The normalized spacial score (nSPS) is 10.3. The molecule has 0 aliphatic rings. The van der Waals surface area contributed by atoms with E-state index in [1.807, 2.05) is 16.8 Å². The number of nitrogens with zero attached hydrogens (tertiary/aromatic N) is 1. The molecule has 0 N–H and O–H groups in total. The maximum atomic E-state index is 13.5. The lowest BCUT2D eigenvalue weighted by Gasteiger charge is -2.17. The first kappa shape index (κ1) is 12.8. The lowest BCUT2D eigenvalue weighted by molar-refractivity contribution is -0.129. The summed E-state index contributed by atoms with van der Waals surface area (Å²) in [7, 11) is 1.70. The van der Waals surface area contributed by atoms with Gasteiger partial charge in [-0.25, -0.2) is 4.39 Å². The third kappa shape index (κ3) is 3.17. The van der Waals surface area contributed by atoms with Gasteiger partial charge in [0, 0.05) is 19.2 Å². The highest BCUT2D eigenvalue weighted by Crippen LogP contribution is 2.11. The van der Waals surface area contributed by atoms with Gasteiger partial charge in [-0.1, -0.05) is 18.2 Å². The largest absolute Gasteiger partial charge is 0.341 e. The fourth-order valence-corrected chi connectivity index (χ4v) is 2.34. The van der Waals surface area contributed by atoms with Gasteiger partial charge in [0.2, 0.25) is 5.91 Å². The van der Waals surface area contributed by atoms with Crippen LogP contribution in [0.4, 0.5) is 4.39 Å². The molecule has 0 spiro atoms. The van der Waals surface area contributed by atoms with E-state index in [-0.39, 0.29) is 11.7 Å². The Morgan fingerprint density at radius 1 is 1.33 bits per heavy atom. The standard InChI is InChI=1S/C14H14FNOS/c1-16(9-12-4-2-3-5-13(12)15)14(17)8-11-6-7-18-10-11/h2-7,10H,8-9H2,1H3. The fourth-order valence-electron chi connectivity index (χ4n) is 1.67. The van der Waals surface area contributed by atoms with E-state index in [9.17, 15) is 9.18 Å². The number of hydrogen-bond acceptors (Lipinski definition) is 2. The molecule has 0 saturated heterocycles. The fraction of sp³-hybridized carbons (Fsp3) is 0.214. The van der Waals surface area contributed by atoms with Gasteiger partial charge in [0.25, 0.3) is 0 Å². The molecule has 0 unspecified atom stereocenters. The third-order valence-corrected chi connectivity index (χ3v) is 3.46. The van der Waals surface area contributed by atoms with E-state index >= 15 is 0 Å². The third-order valence-electron chi connectivity index (χ3n) is 2.73. The van der Waals surface area contributed by atoms with E-state index in [2.05, 4.69) is 0 Å². The quantitative estimate of drug-likeness (QED) is 0.830. The SMILES string of the molecule is CN(Cc1ccccc1F)C(=O)Cc1ccsc1. The molecular weight excluding hydrogens is 249 g/mol. The van der Waals surface area contributed by atoms with Crippen molar-refractivity contribution in [2.75, 3.05) is 7.05 Å². The monoisotopic (exact) mass is 263 g/mol. The first-order valence-electron chi connectivity index (χ1n) is 5.65. The molecule has 18 heavy (non-hydrogen) atoms. The Kier molecular flexibility index (Phi) is 4.10. The number of thiophene rings is 1. The summed E-state index contributed by atoms with van der Waals surface area (Å²) in [6.07, 6.45) is 0.369. The minimum absolute atomic E-state index is 0.00310. The molecule has 2 rings (SSSR count). The van der Waals surface area contributed by atoms with E-state index in [0.29, 0.717) is 18.5 Å². The van der Waals surface area contributed by atoms with Crippen LogP contribution in [-0.2, 0) is 17.8 Å². The second-order valence-corrected chi connectivity index (χ2v) is 4.93. The van der Waals surface area contributed by atoms with Crippen LogP contribution in [0.3, 0.4) is 0 Å². The van der Waals surface area contributed by atoms with Crippen molar-refractivity contribution < 1.29 is 9.18 Å². The molecular formula is C14H14FNOS. The van der Waals surface area contributed by atoms with E-state index in [1.54, 1.807) is 41.5 Å². The lowest BCUT2D eigenvalue weighted by Crippen LogP contribution is -2.27. The van der Waals surface area contributed by atoms with Crippen molar-refractivity contribution in [3.63, 3.8) is 0 Å². The van der Waals surface area contributed by atoms with Gasteiger partial charge >= 0.3 is 0 Å². The number of halogens is 1. The molecule has 0 bridgehead atoms. The van der Waals surface area contributed by atoms with Crippen LogP contribution in [0.5, 0.6) is 0 Å². The maximum absolute atomic E-state index is 13.5. The van der Waals surface area contributed by atoms with E-state index < -0.39 is 0 Å². The Morgan fingerprint density at radius 2 is 2.11 bits per heavy atom. The highest BCUT2D eigenvalue weighted by Gasteiger charge is 2.12. The molecule has 4 heteroatoms. The minimum Gasteiger partial charge on any atom is -0.341 e. The van der Waals surface area contributed by atoms with Gasteiger partial charge < -0.3 is 4.90 Å². The van der Waals surface area contributed by atoms with E-state index in [1.165, 1.54) is 6.07 Å². The first-order valence-corrected chi connectivity index (χ1v) is 6.59. The number of benzene rings is 1. The predicted molar refractivity (Wildman–Crippen MR) is 70.9 cm³/mol. The van der Waals surface area contributed by atoms with Gasteiger partial charge in [-0.05, 0) is 28.5 Å². The van der Waals surface area contributed by atoms with Crippen LogP contribution < -0.4 is 0 Å². The van der Waals surface area contributed by atoms with Gasteiger partial charge in [0.05, 0.1) is 6.42 Å². The van der Waals surface area contributed by atoms with Crippen molar-refractivity contribution in [2.24, 2.45) is 0 Å². The minimum atomic E-state index is -0.271. The summed E-state index contributed by atoms with van der Waals surface area (Å²) in [6.45, 7) is 0.301. The van der Waals surface area contributed by atoms with Gasteiger partial charge in [0.15, 0.2) is 0 Å². The molecule has 2 aromatic rings. The van der Waals surface area contributed by atoms with Crippen LogP contribution in [-0.4, -0.2) is 17.9 Å². The number of amides is 1. The Balaban J connectivity index is 1.97. The summed E-state index contributed by atoms with van der Waals surface area (Å²) in [5.74, 6) is -0.274. The van der Waals surface area contributed by atoms with E-state index in [0.717, 1.165) is 5.56 Å². The molecule has 0 aliphatic heterocycles. The second-order valence-electron chi connectivity index (χ2n) is 4.15. The zero-order valence-corrected chi connectivity index (χ0v) is 10.9. The number of carbonyl (C=O) groups is 1. The Labute approximate surface area is 110 Å². The molecule has 1 heterocycles. The molecule has 0 radical (unpaired) electrons. The van der Waals surface area contributed by atoms with Crippen molar-refractivity contribution in [1.82, 2.24) is 4.90 Å². The second kappa shape index (κ2) is 5.78. The average Bonchev–Trinajstić information content (AvgIpc) is 2.84. The predicted octanol–water partition coefficient (Wildman–Crippen LogP) is 3.09. The summed E-state index contributed by atoms with van der Waals surface area (Å²) >= 11 is 1.57. The zero-order chi connectivity index (χ0) is 13.0. The smallest absolute Gasteiger partial charge is 0.227 e. The number of rotatable bonds is 4. The highest BCUT2D eigenvalue weighted by atomic mass is 32.1. The van der Waals surface area contributed by atoms with Crippen molar-refractivity contribution in [3.8, 4) is 0 Å². The van der Waals surface area contributed by atoms with E-state index in [4.69, 9.17) is 0 Å². The summed E-state index contributed by atoms with van der Waals surface area (Å²) in [4.78, 5) is 13.5. The molecule has 94 valence electrons. The van der Waals surface area contributed by atoms with Crippen LogP contribution in [0.15, 0.2) is 41.1 Å². The van der Waals surface area contributed by atoms with Gasteiger partial charge in [0.1, 0.15) is 5.82 Å². The summed E-state index contributed by atoms with van der Waals surface area (Å²) in [6, 6.07) is 8.46. The Hall–Kier alpha value is -1.68. The lowest BCUT2D eigenvalue weighted by atomic mass is 10.2. The molecule has 1 aromatic carbocycles. The van der Waals surface area contributed by atoms with Gasteiger partial charge in [-0.2, -0.15) is 11.3 Å². The summed E-state index contributed by atoms with van der Waals surface area (Å²) in [5.41, 5.74) is 1.55. The topological polar surface area (TPSA) is 20.3 Å². The van der Waals surface area contributed by atoms with Crippen molar-refractivity contribution in [3.05, 3.63) is 58.0 Å². The molecule has 1 amide bonds. The Bertz CT molecular complexity index is 524. The summed E-state index contributed by atoms with van der Waals surface area (Å²) in [5, 5.41) is 3.90. The molecule has 2 nitrogen and oxygen atoms in total. The van der Waals surface area contributed by atoms with Crippen LogP contribution >= 0.6 is 11.3 Å².